The van der Waals surface area contributed by atoms with E-state index in [1.165, 1.54) is 24.3 Å². The van der Waals surface area contributed by atoms with Crippen LogP contribution in [-0.2, 0) is 63.7 Å². The molecule has 13 aromatic rings. The molecule has 0 saturated heterocycles. The van der Waals surface area contributed by atoms with Gasteiger partial charge in [-0.3, -0.25) is 39.1 Å². The normalized spacial score (nSPS) is 11.5. The first kappa shape index (κ1) is 86.5. The lowest BCUT2D eigenvalue weighted by atomic mass is 10.1. The van der Waals surface area contributed by atoms with Gasteiger partial charge in [0, 0.05) is 112 Å². The topological polar surface area (TPSA) is 344 Å². The van der Waals surface area contributed by atoms with Crippen molar-refractivity contribution >= 4 is 132 Å². The molecule has 1 atom stereocenters. The molecule has 0 aliphatic carbocycles. The SMILES string of the molecule is CC(c1ccc(C(=O)Nc2ccc(Cl)c(-c3ccccn3)c2)cc1)S(C)(=O)=O.COc1cc(CS(C)(=O)=O)ccc1C(=O)Nc1ccc(Cl)c(-c2ccccn2)c1.CS(=O)(=O)Cc1cccc(C(=O)Nc2ccc(Cl)c(-c3ccccn3)c2)c1.Cn1cnnc1S(=O)(=O)Cc1ccc(C(=O)Nc2ccc(Cl)c(-c3ccccn3)c2)cc1. The fourth-order valence-electron chi connectivity index (χ4n) is 11.3. The van der Waals surface area contributed by atoms with E-state index in [0.29, 0.717) is 133 Å². The Hall–Kier alpha value is -11.9. The number of nitrogens with one attached hydrogen (secondary N) is 4. The van der Waals surface area contributed by atoms with Gasteiger partial charge in [-0.25, -0.2) is 33.7 Å². The standard InChI is InChI=1S/C22H18ClN5O3S.C21H19ClN2O4S.C21H19ClN2O3S.C20H17ClN2O3S/c1-28-14-25-27-22(28)32(30,31)13-15-5-7-16(8-6-15)21(29)26-17-9-10-19(23)18(12-17)20-4-2-3-11-24-20;1-28-20-11-14(13-29(2,26)27)6-8-16(20)21(25)24-15-7-9-18(22)17(12-15)19-5-3-4-10-23-19;1-14(28(2,26)27)15-6-8-16(9-7-15)21(25)24-17-10-11-19(22)18(13-17)20-5-3-4-12-23-20;1-27(25,26)13-14-5-4-6-15(11-14)20(24)23-16-8-9-18(21)17(12-16)19-7-2-3-10-22-19/h2-12,14H,13H2,1H3,(H,26,29);3-12H,13H2,1-2H3,(H,24,25);3-14H,1-2H3,(H,24,25);2-12H,13H2,1H3,(H,23,24). The second-order valence-electron chi connectivity index (χ2n) is 26.1. The van der Waals surface area contributed by atoms with Crippen molar-refractivity contribution in [1.29, 1.82) is 0 Å². The molecule has 4 N–H and O–H groups in total. The summed E-state index contributed by atoms with van der Waals surface area (Å²) in [6, 6.07) is 66.8. The highest BCUT2D eigenvalue weighted by atomic mass is 35.5. The average Bonchev–Trinajstić information content (AvgIpc) is 1.22. The van der Waals surface area contributed by atoms with Crippen molar-refractivity contribution < 1.29 is 57.6 Å². The minimum Gasteiger partial charge on any atom is -0.496 e. The van der Waals surface area contributed by atoms with Crippen LogP contribution in [0.25, 0.3) is 45.0 Å². The number of methoxy groups -OCH3 is 1. The molecule has 13 rings (SSSR count). The number of ether oxygens (including phenoxy) is 1. The number of rotatable bonds is 22. The number of aromatic nitrogens is 7. The van der Waals surface area contributed by atoms with E-state index in [-0.39, 0.29) is 46.0 Å². The number of amides is 4. The van der Waals surface area contributed by atoms with Crippen LogP contribution in [0.4, 0.5) is 22.7 Å². The van der Waals surface area contributed by atoms with Gasteiger partial charge in [-0.1, -0.05) is 113 Å². The monoisotopic (exact) mass is 1710 g/mol. The van der Waals surface area contributed by atoms with Gasteiger partial charge in [0.25, 0.3) is 23.6 Å². The second kappa shape index (κ2) is 39.0. The van der Waals surface area contributed by atoms with Crippen LogP contribution in [-0.4, -0.2) is 118 Å². The molecule has 0 saturated carbocycles. The summed E-state index contributed by atoms with van der Waals surface area (Å²) in [4.78, 5) is 67.7. The Labute approximate surface area is 691 Å². The van der Waals surface area contributed by atoms with Gasteiger partial charge in [-0.15, -0.1) is 10.2 Å². The molecule has 116 heavy (non-hydrogen) atoms. The van der Waals surface area contributed by atoms with Gasteiger partial charge >= 0.3 is 0 Å². The van der Waals surface area contributed by atoms with Crippen LogP contribution in [0.5, 0.6) is 5.75 Å². The zero-order chi connectivity index (χ0) is 83.5. The maximum atomic E-state index is 12.8. The van der Waals surface area contributed by atoms with Gasteiger partial charge in [0.15, 0.2) is 29.5 Å². The Morgan fingerprint density at radius 3 is 1.13 bits per heavy atom. The largest absolute Gasteiger partial charge is 0.496 e. The smallest absolute Gasteiger partial charge is 0.259 e. The van der Waals surface area contributed by atoms with Gasteiger partial charge in [-0.2, -0.15) is 0 Å². The molecule has 0 aliphatic rings. The predicted molar refractivity (Wildman–Crippen MR) is 455 cm³/mol. The third-order valence-electron chi connectivity index (χ3n) is 17.0. The number of sulfone groups is 4. The first-order valence-corrected chi connectivity index (χ1v) is 44.1. The summed E-state index contributed by atoms with van der Waals surface area (Å²) in [5, 5.41) is 19.9. The molecule has 5 aromatic heterocycles. The van der Waals surface area contributed by atoms with E-state index in [1.54, 1.807) is 203 Å². The Balaban J connectivity index is 0.000000164. The molecular formula is C84H73Cl4N11O13S4. The molecule has 0 fully saturated rings. The fraction of sp³-hybridized carbons (Fsp3) is 0.119. The van der Waals surface area contributed by atoms with E-state index >= 15 is 0 Å². The summed E-state index contributed by atoms with van der Waals surface area (Å²) in [5.74, 6) is -1.54. The van der Waals surface area contributed by atoms with E-state index < -0.39 is 44.6 Å². The number of anilines is 4. The molecule has 0 radical (unpaired) electrons. The molecule has 1 unspecified atom stereocenters. The van der Waals surface area contributed by atoms with Crippen LogP contribution in [0.3, 0.4) is 0 Å². The first-order chi connectivity index (χ1) is 55.2. The van der Waals surface area contributed by atoms with Crippen LogP contribution in [0.15, 0.2) is 273 Å². The van der Waals surface area contributed by atoms with Crippen LogP contribution < -0.4 is 26.0 Å². The molecule has 32 heteroatoms. The Morgan fingerprint density at radius 1 is 0.405 bits per heavy atom. The van der Waals surface area contributed by atoms with Crippen molar-refractivity contribution in [3.63, 3.8) is 0 Å². The van der Waals surface area contributed by atoms with E-state index in [2.05, 4.69) is 51.4 Å². The Morgan fingerprint density at radius 2 is 0.776 bits per heavy atom. The number of hydrogen-bond acceptors (Lipinski definition) is 19. The number of halogens is 4. The molecule has 594 valence electrons. The maximum Gasteiger partial charge on any atom is 0.259 e. The molecule has 0 bridgehead atoms. The summed E-state index contributed by atoms with van der Waals surface area (Å²) < 4.78 is 101. The quantitative estimate of drug-likeness (QED) is 0.0490. The third kappa shape index (κ3) is 24.6. The van der Waals surface area contributed by atoms with Crippen LogP contribution in [0, 0.1) is 0 Å². The average molecular weight is 1710 g/mol. The van der Waals surface area contributed by atoms with Crippen molar-refractivity contribution in [3.8, 4) is 50.8 Å². The molecular weight excluding hydrogens is 1640 g/mol. The molecule has 0 aliphatic heterocycles. The Bertz CT molecular complexity index is 6210. The van der Waals surface area contributed by atoms with Crippen molar-refractivity contribution in [2.75, 3.05) is 47.1 Å². The number of hydrogen-bond donors (Lipinski definition) is 4. The summed E-state index contributed by atoms with van der Waals surface area (Å²) in [6.45, 7) is 1.62. The highest BCUT2D eigenvalue weighted by molar-refractivity contribution is 7.91. The summed E-state index contributed by atoms with van der Waals surface area (Å²) in [7, 11) is -10.2. The van der Waals surface area contributed by atoms with Crippen molar-refractivity contribution in [3.05, 3.63) is 332 Å². The molecule has 0 spiro atoms. The molecule has 4 amide bonds. The molecule has 5 heterocycles. The third-order valence-corrected chi connectivity index (χ3v) is 23.3. The van der Waals surface area contributed by atoms with Gasteiger partial charge in [0.05, 0.1) is 78.0 Å². The van der Waals surface area contributed by atoms with Crippen molar-refractivity contribution in [2.45, 2.75) is 34.6 Å². The molecule has 24 nitrogen and oxygen atoms in total. The van der Waals surface area contributed by atoms with Gasteiger partial charge in [0.2, 0.25) is 15.0 Å². The molecule has 8 aromatic carbocycles. The highest BCUT2D eigenvalue weighted by Gasteiger charge is 2.24. The maximum absolute atomic E-state index is 12.8. The van der Waals surface area contributed by atoms with Crippen molar-refractivity contribution in [2.24, 2.45) is 7.05 Å². The zero-order valence-electron chi connectivity index (χ0n) is 62.7. The zero-order valence-corrected chi connectivity index (χ0v) is 69.0. The van der Waals surface area contributed by atoms with E-state index in [0.717, 1.165) is 18.1 Å². The predicted octanol–water partition coefficient (Wildman–Crippen LogP) is 16.9. The van der Waals surface area contributed by atoms with Crippen molar-refractivity contribution in [1.82, 2.24) is 34.7 Å². The van der Waals surface area contributed by atoms with E-state index in [4.69, 9.17) is 51.1 Å². The number of benzene rings is 8. The van der Waals surface area contributed by atoms with Crippen LogP contribution in [0.2, 0.25) is 20.1 Å². The minimum absolute atomic E-state index is 0.106. The minimum atomic E-state index is -3.65. The number of aryl methyl sites for hydroxylation is 1. The van der Waals surface area contributed by atoms with Gasteiger partial charge in [0.1, 0.15) is 12.1 Å². The summed E-state index contributed by atoms with van der Waals surface area (Å²) in [5.41, 5.74) is 11.7. The number of carbonyl (C=O) groups excluding carboxylic acids is 4. The summed E-state index contributed by atoms with van der Waals surface area (Å²) in [6.07, 6.45) is 11.5. The number of carbonyl (C=O) groups is 4. The van der Waals surface area contributed by atoms with E-state index in [1.807, 2.05) is 72.8 Å². The number of pyridine rings is 4. The van der Waals surface area contributed by atoms with Gasteiger partial charge in [-0.05, 0) is 199 Å². The fourth-order valence-corrected chi connectivity index (χ4v) is 15.8. The Kier molecular flexibility index (Phi) is 29.1. The van der Waals surface area contributed by atoms with Crippen LogP contribution in [0.1, 0.15) is 75.9 Å². The first-order valence-electron chi connectivity index (χ1n) is 34.8. The van der Waals surface area contributed by atoms with Crippen LogP contribution >= 0.6 is 46.4 Å². The lowest BCUT2D eigenvalue weighted by Crippen LogP contribution is -2.14. The lowest BCUT2D eigenvalue weighted by Gasteiger charge is -2.12. The highest BCUT2D eigenvalue weighted by Crippen LogP contribution is 2.35. The van der Waals surface area contributed by atoms with E-state index in [9.17, 15) is 52.8 Å². The number of nitrogens with zero attached hydrogens (tertiary/aromatic N) is 7. The second-order valence-corrected chi connectivity index (χ2v) is 36.3. The van der Waals surface area contributed by atoms with Gasteiger partial charge < -0.3 is 30.6 Å². The summed E-state index contributed by atoms with van der Waals surface area (Å²) >= 11 is 25.1. The lowest BCUT2D eigenvalue weighted by molar-refractivity contribution is 0.101.